The van der Waals surface area contributed by atoms with E-state index in [9.17, 15) is 31.5 Å². The van der Waals surface area contributed by atoms with Gasteiger partial charge in [-0.2, -0.15) is 0 Å². The average molecular weight is 897 g/mol. The molecule has 0 spiro atoms. The Hall–Kier alpha value is -8.72. The first-order chi connectivity index (χ1) is 51.1. The van der Waals surface area contributed by atoms with Crippen molar-refractivity contribution in [3.63, 3.8) is 0 Å². The summed E-state index contributed by atoms with van der Waals surface area (Å²) in [6.07, 6.45) is 0. The van der Waals surface area contributed by atoms with Crippen molar-refractivity contribution in [1.82, 2.24) is 0 Å². The van der Waals surface area contributed by atoms with Crippen molar-refractivity contribution < 1.29 is 63.4 Å². The molecule has 2 nitrogen and oxygen atoms in total. The molecule has 13 rings (SSSR count). The van der Waals surface area contributed by atoms with Crippen molar-refractivity contribution in [3.05, 3.63) is 282 Å². The van der Waals surface area contributed by atoms with Crippen molar-refractivity contribution in [2.24, 2.45) is 0 Å². The van der Waals surface area contributed by atoms with Crippen LogP contribution in [0.3, 0.4) is 0 Å². The number of hydrogen-bond donors (Lipinski definition) is 0. The van der Waals surface area contributed by atoms with Gasteiger partial charge in [0.05, 0.1) is 64.4 Å². The topological polar surface area (TPSA) is 16.4 Å². The van der Waals surface area contributed by atoms with E-state index in [0.717, 1.165) is 0 Å². The zero-order valence-corrected chi connectivity index (χ0v) is 33.4. The number of benzene rings is 11. The highest BCUT2D eigenvalue weighted by Gasteiger charge is 2.46. The minimum Gasteiger partial charge on any atom is -0.456 e. The standard InChI is InChI=1S/C65H43NO/c1-4-16-44(17-5-1)45-28-34-51(35-29-45)66(53-38-41-57-56-24-12-14-26-60(56)65(61(57)43-53,49-19-6-2-7-20-49)50-21-8-3-9-22-50)52-36-30-47(31-37-52)55-39-32-46-18-10-11-23-54(46)64(55)48-33-40-59-58-25-13-15-27-62(58)67-63(59)42-48/h1-43H/i1D,2D,3D,4D,5D,6D,7D,8D,9D,10D,11D,12D,13D,14D,15D,16D,17D,18D,19D,20D,21D,22D,23D,24D,25D,26D,27D,28D,29D,30D,31D,32D,33D,34D,35D,36D,37D,38D,39D,40D,41D,42D,43D. The number of para-hydroxylation sites is 1. The molecule has 0 fully saturated rings. The van der Waals surface area contributed by atoms with Crippen LogP contribution in [0, 0.1) is 0 Å². The summed E-state index contributed by atoms with van der Waals surface area (Å²) >= 11 is 0. The van der Waals surface area contributed by atoms with Gasteiger partial charge in [-0.1, -0.05) is 205 Å². The maximum absolute atomic E-state index is 10.8. The Morgan fingerprint density at radius 1 is 0.328 bits per heavy atom. The van der Waals surface area contributed by atoms with Crippen LogP contribution in [0.1, 0.15) is 81.2 Å². The lowest BCUT2D eigenvalue weighted by atomic mass is 9.67. The summed E-state index contributed by atoms with van der Waals surface area (Å²) in [6.45, 7) is 0. The lowest BCUT2D eigenvalue weighted by Crippen LogP contribution is -2.28. The highest BCUT2D eigenvalue weighted by Crippen LogP contribution is 2.57. The van der Waals surface area contributed by atoms with E-state index in [1.54, 1.807) is 0 Å². The van der Waals surface area contributed by atoms with Crippen LogP contribution in [-0.2, 0) is 5.41 Å². The number of furan rings is 1. The van der Waals surface area contributed by atoms with Gasteiger partial charge in [0.15, 0.2) is 0 Å². The Labute approximate surface area is 450 Å². The van der Waals surface area contributed by atoms with Crippen LogP contribution in [0.15, 0.2) is 264 Å². The maximum atomic E-state index is 10.8. The summed E-state index contributed by atoms with van der Waals surface area (Å²) in [5, 5.41) is -2.90. The van der Waals surface area contributed by atoms with Crippen LogP contribution in [-0.4, -0.2) is 0 Å². The molecule has 0 radical (unpaired) electrons. The predicted molar refractivity (Wildman–Crippen MR) is 280 cm³/mol. The van der Waals surface area contributed by atoms with E-state index in [0.29, 0.717) is 0 Å². The maximum Gasteiger partial charge on any atom is 0.136 e. The predicted octanol–water partition coefficient (Wildman–Crippen LogP) is 17.6. The number of hydrogen-bond acceptors (Lipinski definition) is 2. The van der Waals surface area contributed by atoms with E-state index < -0.39 is 382 Å². The molecule has 0 N–H and O–H groups in total. The summed E-state index contributed by atoms with van der Waals surface area (Å²) in [4.78, 5) is 0.0826. The third-order valence-corrected chi connectivity index (χ3v) is 10.8. The molecule has 11 aromatic carbocycles. The average Bonchev–Trinajstić information content (AvgIpc) is 1.48. The van der Waals surface area contributed by atoms with Gasteiger partial charge >= 0.3 is 0 Å². The van der Waals surface area contributed by atoms with Crippen LogP contribution in [0.4, 0.5) is 17.1 Å². The zero-order valence-electron chi connectivity index (χ0n) is 76.4. The molecule has 1 aromatic heterocycles. The van der Waals surface area contributed by atoms with Gasteiger partial charge < -0.3 is 9.32 Å². The van der Waals surface area contributed by atoms with Gasteiger partial charge in [-0.25, -0.2) is 0 Å². The molecule has 0 atom stereocenters. The third-order valence-electron chi connectivity index (χ3n) is 10.8. The first-order valence-electron chi connectivity index (χ1n) is 41.1. The second-order valence-corrected chi connectivity index (χ2v) is 14.3. The van der Waals surface area contributed by atoms with Gasteiger partial charge in [0.1, 0.15) is 11.2 Å². The smallest absolute Gasteiger partial charge is 0.136 e. The fourth-order valence-corrected chi connectivity index (χ4v) is 7.95. The highest BCUT2D eigenvalue weighted by atomic mass is 16.3. The summed E-state index contributed by atoms with van der Waals surface area (Å²) in [5.74, 6) is 0. The molecule has 0 aliphatic heterocycles. The van der Waals surface area contributed by atoms with Crippen molar-refractivity contribution in [1.29, 1.82) is 0 Å². The highest BCUT2D eigenvalue weighted by molar-refractivity contribution is 6.09. The molecule has 314 valence electrons. The number of anilines is 3. The summed E-state index contributed by atoms with van der Waals surface area (Å²) in [6, 6.07) is -53.8. The number of rotatable bonds is 8. The molecule has 0 bridgehead atoms. The Kier molecular flexibility index (Phi) is 3.51. The lowest BCUT2D eigenvalue weighted by Gasteiger charge is -2.35. The molecule has 12 aromatic rings. The Morgan fingerprint density at radius 2 is 0.851 bits per heavy atom. The van der Waals surface area contributed by atoms with Gasteiger partial charge in [-0.3, -0.25) is 0 Å². The summed E-state index contributed by atoms with van der Waals surface area (Å²) in [5.41, 5.74) is -23.2. The van der Waals surface area contributed by atoms with Crippen LogP contribution in [0.2, 0.25) is 0 Å². The van der Waals surface area contributed by atoms with Crippen molar-refractivity contribution in [2.75, 3.05) is 4.90 Å². The van der Waals surface area contributed by atoms with Crippen LogP contribution < -0.4 is 4.90 Å². The number of nitrogens with zero attached hydrogens (tertiary/aromatic N) is 1. The normalized spacial score (nSPS) is 21.6. The Morgan fingerprint density at radius 3 is 1.58 bits per heavy atom. The van der Waals surface area contributed by atoms with E-state index in [2.05, 4.69) is 0 Å². The molecule has 0 unspecified atom stereocenters. The third kappa shape index (κ3) is 6.26. The van der Waals surface area contributed by atoms with Crippen LogP contribution in [0.25, 0.3) is 77.2 Å². The van der Waals surface area contributed by atoms with E-state index in [1.165, 1.54) is 0 Å². The minimum absolute atomic E-state index is 0.0826. The van der Waals surface area contributed by atoms with E-state index in [-0.39, 0.29) is 4.90 Å². The SMILES string of the molecule is [2H]c1c([2H])c([2H])c(-c2c([2H])c([2H])c(N(c3c([2H])c([2H])c(-c4c([2H])c([2H])c5c([2H])c([2H])c([2H])c([2H])c5c4-c4c([2H])c([2H])c5c(oc6c([2H])c([2H])c([2H])c([2H])c65)c4[2H])c([2H])c3[2H])c3c([2H])c([2H])c4c(c3[2H])C(c3c([2H])c([2H])c([2H])c([2H])c3[2H])(c3c([2H])c([2H])c([2H])c([2H])c3[2H])c3c([2H])c([2H])c([2H])c([2H])c3-4)c([2H])c2[2H])c([2H])c1[2H]. The molecule has 67 heavy (non-hydrogen) atoms. The van der Waals surface area contributed by atoms with Crippen molar-refractivity contribution in [2.45, 2.75) is 5.41 Å². The summed E-state index contributed by atoms with van der Waals surface area (Å²) < 4.78 is 408. The van der Waals surface area contributed by atoms with Gasteiger partial charge in [-0.15, -0.1) is 0 Å². The molecule has 1 aliphatic carbocycles. The fourth-order valence-electron chi connectivity index (χ4n) is 7.95. The zero-order chi connectivity index (χ0) is 81.7. The quantitative estimate of drug-likeness (QED) is 0.151. The monoisotopic (exact) mass is 897 g/mol. The van der Waals surface area contributed by atoms with Gasteiger partial charge in [0, 0.05) is 27.8 Å². The van der Waals surface area contributed by atoms with Crippen LogP contribution in [0.5, 0.6) is 0 Å². The van der Waals surface area contributed by atoms with Gasteiger partial charge in [0.2, 0.25) is 0 Å². The molecule has 0 amide bonds. The Bertz CT molecular complexity index is 6180. The van der Waals surface area contributed by atoms with E-state index in [1.807, 2.05) is 0 Å². The second kappa shape index (κ2) is 15.8. The molecule has 2 heteroatoms. The molecular weight excluding hydrogens is 811 g/mol. The second-order valence-electron chi connectivity index (χ2n) is 14.3. The van der Waals surface area contributed by atoms with Crippen molar-refractivity contribution >= 4 is 49.8 Å². The molecule has 1 heterocycles. The van der Waals surface area contributed by atoms with Crippen LogP contribution >= 0.6 is 0 Å². The number of fused-ring (bicyclic) bond motifs is 7. The molecule has 0 saturated carbocycles. The Balaban J connectivity index is 1.28. The largest absolute Gasteiger partial charge is 0.456 e. The fraction of sp³-hybridized carbons (Fsp3) is 0.0154. The first kappa shape index (κ1) is 14.9. The van der Waals surface area contributed by atoms with E-state index >= 15 is 0 Å². The van der Waals surface area contributed by atoms with Gasteiger partial charge in [0.25, 0.3) is 0 Å². The van der Waals surface area contributed by atoms with E-state index in [4.69, 9.17) is 31.8 Å². The summed E-state index contributed by atoms with van der Waals surface area (Å²) in [7, 11) is 0. The molecule has 0 saturated heterocycles. The minimum atomic E-state index is -3.64. The lowest BCUT2D eigenvalue weighted by molar-refractivity contribution is 0.669. The van der Waals surface area contributed by atoms with Crippen molar-refractivity contribution in [3.8, 4) is 44.5 Å². The first-order valence-corrected chi connectivity index (χ1v) is 19.6. The van der Waals surface area contributed by atoms with Gasteiger partial charge in [-0.05, 0) is 132 Å². The molecule has 1 aliphatic rings. The molecular formula is C65H43NO.